The first kappa shape index (κ1) is 15.8. The number of hydrogen-bond acceptors (Lipinski definition) is 5. The van der Waals surface area contributed by atoms with Crippen LogP contribution in [-0.4, -0.2) is 26.1 Å². The molecule has 0 saturated carbocycles. The van der Waals surface area contributed by atoms with Crippen molar-refractivity contribution in [3.8, 4) is 0 Å². The van der Waals surface area contributed by atoms with Crippen LogP contribution < -0.4 is 5.32 Å². The molecule has 1 aliphatic rings. The largest absolute Gasteiger partial charge is 0.364 e. The average Bonchev–Trinajstić information content (AvgIpc) is 2.92. The quantitative estimate of drug-likeness (QED) is 0.444. The maximum absolute atomic E-state index is 13.7. The van der Waals surface area contributed by atoms with Gasteiger partial charge in [-0.3, -0.25) is 4.57 Å². The lowest BCUT2D eigenvalue weighted by Crippen LogP contribution is -2.24. The minimum Gasteiger partial charge on any atom is -0.364 e. The first-order valence-electron chi connectivity index (χ1n) is 7.42. The van der Waals surface area contributed by atoms with Crippen LogP contribution in [0.15, 0.2) is 18.5 Å². The summed E-state index contributed by atoms with van der Waals surface area (Å²) < 4.78 is 60.2. The van der Waals surface area contributed by atoms with Crippen molar-refractivity contribution in [1.82, 2.24) is 19.5 Å². The monoisotopic (exact) mass is 353 g/mol. The number of fused-ring (bicyclic) bond motifs is 1. The standard InChI is InChI=1S/C15H11F4N5O/c16-8-3-7(4-9(17)11(8)18)5-20-13-12-14(23-15(19)22-13)24(6-21-12)10-1-2-25-10/h3-4,6,10H,1-2,5H2,(H,20,22,23). The lowest BCUT2D eigenvalue weighted by Gasteiger charge is -2.27. The van der Waals surface area contributed by atoms with Crippen molar-refractivity contribution in [3.63, 3.8) is 0 Å². The molecule has 3 aromatic rings. The Bertz CT molecular complexity index is 933. The Labute approximate surface area is 138 Å². The summed E-state index contributed by atoms with van der Waals surface area (Å²) in [6.07, 6.45) is 0.985. The molecule has 4 rings (SSSR count). The molecule has 1 saturated heterocycles. The zero-order valence-corrected chi connectivity index (χ0v) is 12.6. The van der Waals surface area contributed by atoms with Gasteiger partial charge in [-0.05, 0) is 17.7 Å². The van der Waals surface area contributed by atoms with Crippen LogP contribution in [-0.2, 0) is 11.3 Å². The summed E-state index contributed by atoms with van der Waals surface area (Å²) >= 11 is 0. The van der Waals surface area contributed by atoms with Crippen LogP contribution in [0.4, 0.5) is 23.4 Å². The van der Waals surface area contributed by atoms with Crippen molar-refractivity contribution in [1.29, 1.82) is 0 Å². The maximum Gasteiger partial charge on any atom is 0.312 e. The zero-order chi connectivity index (χ0) is 17.6. The van der Waals surface area contributed by atoms with E-state index in [-0.39, 0.29) is 29.8 Å². The van der Waals surface area contributed by atoms with Gasteiger partial charge in [-0.25, -0.2) is 18.2 Å². The van der Waals surface area contributed by atoms with Gasteiger partial charge in [0.2, 0.25) is 0 Å². The fourth-order valence-electron chi connectivity index (χ4n) is 2.56. The van der Waals surface area contributed by atoms with E-state index in [0.717, 1.165) is 18.6 Å². The van der Waals surface area contributed by atoms with Crippen LogP contribution in [0.3, 0.4) is 0 Å². The van der Waals surface area contributed by atoms with Crippen molar-refractivity contribution in [2.45, 2.75) is 19.2 Å². The fraction of sp³-hybridized carbons (Fsp3) is 0.267. The number of imidazole rings is 1. The van der Waals surface area contributed by atoms with E-state index in [2.05, 4.69) is 20.3 Å². The maximum atomic E-state index is 13.7. The second-order valence-corrected chi connectivity index (χ2v) is 5.51. The van der Waals surface area contributed by atoms with Crippen LogP contribution >= 0.6 is 0 Å². The van der Waals surface area contributed by atoms with Crippen molar-refractivity contribution in [3.05, 3.63) is 47.6 Å². The molecule has 1 fully saturated rings. The van der Waals surface area contributed by atoms with E-state index >= 15 is 0 Å². The number of hydrogen-bond donors (Lipinski definition) is 1. The Morgan fingerprint density at radius 1 is 1.16 bits per heavy atom. The Hall–Kier alpha value is -2.75. The molecule has 0 spiro atoms. The SMILES string of the molecule is Fc1nc(NCc2cc(F)c(F)c(F)c2)c2ncn(C3CCO3)c2n1. The summed E-state index contributed by atoms with van der Waals surface area (Å²) in [5.41, 5.74) is 0.668. The minimum atomic E-state index is -1.54. The van der Waals surface area contributed by atoms with Gasteiger partial charge in [-0.15, -0.1) is 0 Å². The lowest BCUT2D eigenvalue weighted by molar-refractivity contribution is -0.0974. The van der Waals surface area contributed by atoms with Gasteiger partial charge >= 0.3 is 6.08 Å². The third-order valence-corrected chi connectivity index (χ3v) is 3.88. The minimum absolute atomic E-state index is 0.0608. The molecule has 130 valence electrons. The molecular weight excluding hydrogens is 342 g/mol. The molecule has 0 amide bonds. The molecule has 25 heavy (non-hydrogen) atoms. The molecular formula is C15H11F4N5O. The van der Waals surface area contributed by atoms with E-state index in [4.69, 9.17) is 4.74 Å². The highest BCUT2D eigenvalue weighted by Crippen LogP contribution is 2.28. The van der Waals surface area contributed by atoms with Crippen LogP contribution in [0.1, 0.15) is 18.2 Å². The van der Waals surface area contributed by atoms with E-state index in [1.54, 1.807) is 4.57 Å². The highest BCUT2D eigenvalue weighted by atomic mass is 19.2. The Balaban J connectivity index is 1.64. The van der Waals surface area contributed by atoms with Crippen molar-refractivity contribution >= 4 is 17.0 Å². The molecule has 2 aromatic heterocycles. The van der Waals surface area contributed by atoms with Crippen LogP contribution in [0, 0.1) is 23.5 Å². The van der Waals surface area contributed by atoms with Gasteiger partial charge in [0, 0.05) is 13.0 Å². The number of nitrogens with zero attached hydrogens (tertiary/aromatic N) is 4. The van der Waals surface area contributed by atoms with E-state index in [0.29, 0.717) is 12.1 Å². The normalized spacial score (nSPS) is 16.9. The first-order chi connectivity index (χ1) is 12.0. The Morgan fingerprint density at radius 3 is 2.52 bits per heavy atom. The second kappa shape index (κ2) is 5.96. The number of rotatable bonds is 4. The second-order valence-electron chi connectivity index (χ2n) is 5.51. The number of aromatic nitrogens is 4. The highest BCUT2D eigenvalue weighted by Gasteiger charge is 2.24. The zero-order valence-electron chi connectivity index (χ0n) is 12.6. The van der Waals surface area contributed by atoms with Crippen LogP contribution in [0.5, 0.6) is 0 Å². The van der Waals surface area contributed by atoms with Gasteiger partial charge in [-0.2, -0.15) is 14.4 Å². The molecule has 1 unspecified atom stereocenters. The predicted molar refractivity (Wildman–Crippen MR) is 78.5 cm³/mol. The Kier molecular flexibility index (Phi) is 3.75. The third kappa shape index (κ3) is 2.78. The Morgan fingerprint density at radius 2 is 1.88 bits per heavy atom. The molecule has 3 heterocycles. The number of nitrogens with one attached hydrogen (secondary N) is 1. The number of ether oxygens (including phenoxy) is 1. The van der Waals surface area contributed by atoms with Gasteiger partial charge in [0.25, 0.3) is 0 Å². The molecule has 0 radical (unpaired) electrons. The third-order valence-electron chi connectivity index (χ3n) is 3.88. The van der Waals surface area contributed by atoms with Gasteiger partial charge < -0.3 is 10.1 Å². The van der Waals surface area contributed by atoms with Gasteiger partial charge in [0.1, 0.15) is 6.23 Å². The fourth-order valence-corrected chi connectivity index (χ4v) is 2.56. The summed E-state index contributed by atoms with van der Waals surface area (Å²) in [5, 5.41) is 2.74. The summed E-state index contributed by atoms with van der Waals surface area (Å²) in [5.74, 6) is -4.09. The lowest BCUT2D eigenvalue weighted by atomic mass is 10.2. The van der Waals surface area contributed by atoms with E-state index < -0.39 is 23.5 Å². The van der Waals surface area contributed by atoms with Gasteiger partial charge in [-0.1, -0.05) is 0 Å². The van der Waals surface area contributed by atoms with E-state index in [1.165, 1.54) is 6.33 Å². The van der Waals surface area contributed by atoms with Crippen LogP contribution in [0.2, 0.25) is 0 Å². The topological polar surface area (TPSA) is 64.9 Å². The number of anilines is 1. The van der Waals surface area contributed by atoms with Crippen molar-refractivity contribution in [2.24, 2.45) is 0 Å². The van der Waals surface area contributed by atoms with E-state index in [1.807, 2.05) is 0 Å². The number of halogens is 4. The summed E-state index contributed by atoms with van der Waals surface area (Å²) in [6, 6.07) is 1.70. The summed E-state index contributed by atoms with van der Waals surface area (Å²) in [6.45, 7) is 0.497. The molecule has 0 aliphatic carbocycles. The predicted octanol–water partition coefficient (Wildman–Crippen LogP) is 2.91. The van der Waals surface area contributed by atoms with Gasteiger partial charge in [0.05, 0.1) is 12.9 Å². The van der Waals surface area contributed by atoms with E-state index in [9.17, 15) is 17.6 Å². The van der Waals surface area contributed by atoms with Crippen molar-refractivity contribution in [2.75, 3.05) is 11.9 Å². The van der Waals surface area contributed by atoms with Gasteiger partial charge in [0.15, 0.2) is 34.4 Å². The molecule has 1 N–H and O–H groups in total. The summed E-state index contributed by atoms with van der Waals surface area (Å²) in [4.78, 5) is 11.5. The number of benzene rings is 1. The molecule has 1 aromatic carbocycles. The smallest absolute Gasteiger partial charge is 0.312 e. The average molecular weight is 353 g/mol. The highest BCUT2D eigenvalue weighted by molar-refractivity contribution is 5.82. The molecule has 1 aliphatic heterocycles. The molecule has 6 nitrogen and oxygen atoms in total. The first-order valence-corrected chi connectivity index (χ1v) is 7.42. The molecule has 0 bridgehead atoms. The molecule has 1 atom stereocenters. The summed E-state index contributed by atoms with van der Waals surface area (Å²) in [7, 11) is 0. The van der Waals surface area contributed by atoms with Crippen molar-refractivity contribution < 1.29 is 22.3 Å². The van der Waals surface area contributed by atoms with Crippen LogP contribution in [0.25, 0.3) is 11.2 Å². The molecule has 10 heteroatoms.